The number of halogens is 1. The second kappa shape index (κ2) is 8.06. The molecule has 6 nitrogen and oxygen atoms in total. The van der Waals surface area contributed by atoms with Gasteiger partial charge < -0.3 is 19.9 Å². The van der Waals surface area contributed by atoms with E-state index in [0.717, 1.165) is 32.5 Å². The predicted octanol–water partition coefficient (Wildman–Crippen LogP) is 1.78. The highest BCUT2D eigenvalue weighted by atomic mass is 35.5. The molecule has 136 valence electrons. The summed E-state index contributed by atoms with van der Waals surface area (Å²) in [5, 5.41) is 3.77. The minimum Gasteiger partial charge on any atom is -0.496 e. The Bertz CT molecular complexity index is 644. The lowest BCUT2D eigenvalue weighted by Gasteiger charge is -2.30. The van der Waals surface area contributed by atoms with Crippen molar-refractivity contribution in [3.63, 3.8) is 0 Å². The Balaban J connectivity index is 1.80. The molecule has 7 heteroatoms. The maximum absolute atomic E-state index is 13.0. The van der Waals surface area contributed by atoms with Gasteiger partial charge in [0.15, 0.2) is 0 Å². The normalized spacial score (nSPS) is 21.1. The van der Waals surface area contributed by atoms with Gasteiger partial charge in [-0.15, -0.1) is 0 Å². The fourth-order valence-electron chi connectivity index (χ4n) is 3.55. The molecule has 1 aromatic rings. The number of likely N-dealkylation sites (tertiary alicyclic amines) is 1. The van der Waals surface area contributed by atoms with Crippen molar-refractivity contribution in [3.05, 3.63) is 28.8 Å². The number of carbonyl (C=O) groups is 2. The summed E-state index contributed by atoms with van der Waals surface area (Å²) in [4.78, 5) is 29.6. The third-order valence-corrected chi connectivity index (χ3v) is 5.08. The van der Waals surface area contributed by atoms with Crippen LogP contribution in [-0.2, 0) is 4.79 Å². The Labute approximate surface area is 153 Å². The Morgan fingerprint density at radius 1 is 1.20 bits per heavy atom. The zero-order chi connectivity index (χ0) is 17.8. The summed E-state index contributed by atoms with van der Waals surface area (Å²) in [5.41, 5.74) is 0.409. The molecule has 0 saturated carbocycles. The van der Waals surface area contributed by atoms with E-state index in [-0.39, 0.29) is 11.8 Å². The molecular formula is C18H24ClN3O3. The number of hydrogen-bond donors (Lipinski definition) is 1. The van der Waals surface area contributed by atoms with Gasteiger partial charge in [-0.1, -0.05) is 11.6 Å². The summed E-state index contributed by atoms with van der Waals surface area (Å²) in [6.07, 6.45) is 2.48. The van der Waals surface area contributed by atoms with E-state index >= 15 is 0 Å². The van der Waals surface area contributed by atoms with Crippen LogP contribution in [0.25, 0.3) is 0 Å². The van der Waals surface area contributed by atoms with Gasteiger partial charge in [-0.3, -0.25) is 9.59 Å². The van der Waals surface area contributed by atoms with Crippen molar-refractivity contribution in [2.24, 2.45) is 0 Å². The quantitative estimate of drug-likeness (QED) is 0.886. The average Bonchev–Trinajstić information content (AvgIpc) is 2.95. The Kier molecular flexibility index (Phi) is 5.81. The van der Waals surface area contributed by atoms with Crippen molar-refractivity contribution in [2.45, 2.75) is 25.3 Å². The molecule has 3 rings (SSSR count). The van der Waals surface area contributed by atoms with E-state index in [1.165, 1.54) is 7.11 Å². The number of hydrogen-bond acceptors (Lipinski definition) is 4. The standard InChI is InChI=1S/C18H24ClN3O3/c1-25-16-6-5-13(19)12-14(16)17(23)22-10-2-4-15(22)18(24)21-9-3-7-20-8-11-21/h5-6,12,15,20H,2-4,7-11H2,1H3. The molecule has 2 saturated heterocycles. The lowest BCUT2D eigenvalue weighted by atomic mass is 10.1. The van der Waals surface area contributed by atoms with Gasteiger partial charge in [0.05, 0.1) is 12.7 Å². The number of ether oxygens (including phenoxy) is 1. The molecule has 25 heavy (non-hydrogen) atoms. The number of nitrogens with one attached hydrogen (secondary N) is 1. The molecule has 1 aromatic carbocycles. The summed E-state index contributed by atoms with van der Waals surface area (Å²) >= 11 is 6.05. The summed E-state index contributed by atoms with van der Waals surface area (Å²) in [6, 6.07) is 4.59. The van der Waals surface area contributed by atoms with Gasteiger partial charge in [-0.05, 0) is 44.0 Å². The molecule has 2 aliphatic heterocycles. The predicted molar refractivity (Wildman–Crippen MR) is 96.1 cm³/mol. The SMILES string of the molecule is COc1ccc(Cl)cc1C(=O)N1CCCC1C(=O)N1CCCNCC1. The summed E-state index contributed by atoms with van der Waals surface area (Å²) in [5.74, 6) is 0.338. The van der Waals surface area contributed by atoms with E-state index in [2.05, 4.69) is 5.32 Å². The molecule has 2 fully saturated rings. The first kappa shape index (κ1) is 18.0. The van der Waals surface area contributed by atoms with Crippen LogP contribution in [0.3, 0.4) is 0 Å². The van der Waals surface area contributed by atoms with Crippen molar-refractivity contribution in [2.75, 3.05) is 39.8 Å². The van der Waals surface area contributed by atoms with E-state index in [9.17, 15) is 9.59 Å². The zero-order valence-electron chi connectivity index (χ0n) is 14.5. The summed E-state index contributed by atoms with van der Waals surface area (Å²) < 4.78 is 5.30. The van der Waals surface area contributed by atoms with Gasteiger partial charge in [0.1, 0.15) is 11.8 Å². The number of nitrogens with zero attached hydrogens (tertiary/aromatic N) is 2. The molecule has 0 bridgehead atoms. The van der Waals surface area contributed by atoms with Crippen molar-refractivity contribution in [1.29, 1.82) is 0 Å². The van der Waals surface area contributed by atoms with Crippen LogP contribution in [0.2, 0.25) is 5.02 Å². The third kappa shape index (κ3) is 3.90. The first-order valence-electron chi connectivity index (χ1n) is 8.76. The highest BCUT2D eigenvalue weighted by Gasteiger charge is 2.37. The van der Waals surface area contributed by atoms with E-state index in [0.29, 0.717) is 35.8 Å². The minimum absolute atomic E-state index is 0.0514. The number of carbonyl (C=O) groups excluding carboxylic acids is 2. The van der Waals surface area contributed by atoms with Crippen LogP contribution in [0, 0.1) is 0 Å². The van der Waals surface area contributed by atoms with E-state index in [4.69, 9.17) is 16.3 Å². The number of benzene rings is 1. The second-order valence-electron chi connectivity index (χ2n) is 6.43. The molecule has 2 amide bonds. The maximum atomic E-state index is 13.0. The number of rotatable bonds is 3. The molecule has 1 N–H and O–H groups in total. The Hall–Kier alpha value is -1.79. The molecule has 0 aromatic heterocycles. The minimum atomic E-state index is -0.394. The Morgan fingerprint density at radius 3 is 2.84 bits per heavy atom. The molecule has 0 aliphatic carbocycles. The van der Waals surface area contributed by atoms with Crippen molar-refractivity contribution < 1.29 is 14.3 Å². The fourth-order valence-corrected chi connectivity index (χ4v) is 3.72. The third-order valence-electron chi connectivity index (χ3n) is 4.84. The van der Waals surface area contributed by atoms with Crippen molar-refractivity contribution in [3.8, 4) is 5.75 Å². The van der Waals surface area contributed by atoms with Gasteiger partial charge >= 0.3 is 0 Å². The molecule has 0 radical (unpaired) electrons. The van der Waals surface area contributed by atoms with Crippen LogP contribution in [0.5, 0.6) is 5.75 Å². The number of amides is 2. The molecular weight excluding hydrogens is 342 g/mol. The highest BCUT2D eigenvalue weighted by molar-refractivity contribution is 6.31. The maximum Gasteiger partial charge on any atom is 0.258 e. The van der Waals surface area contributed by atoms with Gasteiger partial charge in [-0.2, -0.15) is 0 Å². The highest BCUT2D eigenvalue weighted by Crippen LogP contribution is 2.28. The lowest BCUT2D eigenvalue weighted by molar-refractivity contribution is -0.135. The molecule has 2 aliphatic rings. The Morgan fingerprint density at radius 2 is 2.04 bits per heavy atom. The zero-order valence-corrected chi connectivity index (χ0v) is 15.2. The largest absolute Gasteiger partial charge is 0.496 e. The van der Waals surface area contributed by atoms with Gasteiger partial charge in [0, 0.05) is 31.2 Å². The van der Waals surface area contributed by atoms with E-state index in [1.54, 1.807) is 23.1 Å². The van der Waals surface area contributed by atoms with Crippen LogP contribution < -0.4 is 10.1 Å². The molecule has 1 unspecified atom stereocenters. The first-order valence-corrected chi connectivity index (χ1v) is 9.13. The van der Waals surface area contributed by atoms with Crippen LogP contribution >= 0.6 is 11.6 Å². The van der Waals surface area contributed by atoms with Crippen LogP contribution in [0.1, 0.15) is 29.6 Å². The second-order valence-corrected chi connectivity index (χ2v) is 6.87. The number of methoxy groups -OCH3 is 1. The summed E-state index contributed by atoms with van der Waals surface area (Å²) in [7, 11) is 1.52. The molecule has 0 spiro atoms. The van der Waals surface area contributed by atoms with Gasteiger partial charge in [0.2, 0.25) is 5.91 Å². The summed E-state index contributed by atoms with van der Waals surface area (Å²) in [6.45, 7) is 3.74. The van der Waals surface area contributed by atoms with Gasteiger partial charge in [0.25, 0.3) is 5.91 Å². The molecule has 1 atom stereocenters. The first-order chi connectivity index (χ1) is 12.1. The fraction of sp³-hybridized carbons (Fsp3) is 0.556. The van der Waals surface area contributed by atoms with Crippen molar-refractivity contribution >= 4 is 23.4 Å². The average molecular weight is 366 g/mol. The topological polar surface area (TPSA) is 61.9 Å². The van der Waals surface area contributed by atoms with Crippen LogP contribution in [-0.4, -0.2) is 67.5 Å². The lowest BCUT2D eigenvalue weighted by Crippen LogP contribution is -2.48. The van der Waals surface area contributed by atoms with Crippen LogP contribution in [0.4, 0.5) is 0 Å². The van der Waals surface area contributed by atoms with Gasteiger partial charge in [-0.25, -0.2) is 0 Å². The van der Waals surface area contributed by atoms with E-state index < -0.39 is 6.04 Å². The van der Waals surface area contributed by atoms with Crippen molar-refractivity contribution in [1.82, 2.24) is 15.1 Å². The molecule has 2 heterocycles. The van der Waals surface area contributed by atoms with E-state index in [1.807, 2.05) is 4.90 Å². The smallest absolute Gasteiger partial charge is 0.258 e. The monoisotopic (exact) mass is 365 g/mol. The van der Waals surface area contributed by atoms with Crippen LogP contribution in [0.15, 0.2) is 18.2 Å².